The number of benzene rings is 1. The Kier molecular flexibility index (Phi) is 2.39. The van der Waals surface area contributed by atoms with Crippen molar-refractivity contribution in [1.29, 1.82) is 0 Å². The molecule has 1 aromatic carbocycles. The van der Waals surface area contributed by atoms with E-state index < -0.39 is 0 Å². The summed E-state index contributed by atoms with van der Waals surface area (Å²) in [5.41, 5.74) is 5.10. The second kappa shape index (κ2) is 4.35. The van der Waals surface area contributed by atoms with Gasteiger partial charge in [0.15, 0.2) is 0 Å². The highest BCUT2D eigenvalue weighted by Gasteiger charge is 2.14. The molecule has 20 heavy (non-hydrogen) atoms. The van der Waals surface area contributed by atoms with Crippen LogP contribution in [0.4, 0.5) is 0 Å². The predicted molar refractivity (Wildman–Crippen MR) is 74.9 cm³/mol. The van der Waals surface area contributed by atoms with Gasteiger partial charge >= 0.3 is 0 Å². The van der Waals surface area contributed by atoms with Gasteiger partial charge in [-0.2, -0.15) is 0 Å². The van der Waals surface area contributed by atoms with E-state index in [9.17, 15) is 0 Å². The molecule has 0 aliphatic carbocycles. The second-order valence-corrected chi connectivity index (χ2v) is 4.43. The summed E-state index contributed by atoms with van der Waals surface area (Å²) in [5.74, 6) is 0. The highest BCUT2D eigenvalue weighted by atomic mass is 16.3. The van der Waals surface area contributed by atoms with Crippen LogP contribution < -0.4 is 0 Å². The lowest BCUT2D eigenvalue weighted by Gasteiger charge is -2.06. The summed E-state index contributed by atoms with van der Waals surface area (Å²) in [5, 5.41) is 0. The van der Waals surface area contributed by atoms with E-state index in [0.717, 1.165) is 33.5 Å². The zero-order valence-electron chi connectivity index (χ0n) is 10.5. The molecule has 0 unspecified atom stereocenters. The highest BCUT2D eigenvalue weighted by Crippen LogP contribution is 2.31. The molecule has 0 atom stereocenters. The number of rotatable bonds is 2. The molecule has 0 radical (unpaired) electrons. The van der Waals surface area contributed by atoms with Crippen molar-refractivity contribution in [2.75, 3.05) is 0 Å². The van der Waals surface area contributed by atoms with Crippen LogP contribution in [0.5, 0.6) is 0 Å². The Balaban J connectivity index is 2.06. The van der Waals surface area contributed by atoms with Crippen molar-refractivity contribution in [3.05, 3.63) is 61.5 Å². The van der Waals surface area contributed by atoms with Gasteiger partial charge < -0.3 is 8.83 Å². The van der Waals surface area contributed by atoms with Crippen molar-refractivity contribution < 1.29 is 8.83 Å². The number of furan rings is 2. The molecule has 0 bridgehead atoms. The van der Waals surface area contributed by atoms with Crippen molar-refractivity contribution in [2.24, 2.45) is 0 Å². The summed E-state index contributed by atoms with van der Waals surface area (Å²) < 4.78 is 10.3. The monoisotopic (exact) mass is 262 g/mol. The molecule has 4 heteroatoms. The van der Waals surface area contributed by atoms with Crippen molar-refractivity contribution in [1.82, 2.24) is 9.97 Å². The summed E-state index contributed by atoms with van der Waals surface area (Å²) in [7, 11) is 0. The fraction of sp³-hybridized carbons (Fsp3) is 0. The lowest BCUT2D eigenvalue weighted by Crippen LogP contribution is -1.93. The van der Waals surface area contributed by atoms with Crippen molar-refractivity contribution in [3.8, 4) is 22.5 Å². The molecule has 4 nitrogen and oxygen atoms in total. The SMILES string of the molecule is c1ccc2nc(-c3ccoc3)c(-c3ccoc3)nc2c1. The van der Waals surface area contributed by atoms with Gasteiger partial charge in [0.1, 0.15) is 11.4 Å². The lowest BCUT2D eigenvalue weighted by atomic mass is 10.1. The summed E-state index contributed by atoms with van der Waals surface area (Å²) in [6.07, 6.45) is 6.60. The van der Waals surface area contributed by atoms with Gasteiger partial charge in [-0.3, -0.25) is 0 Å². The van der Waals surface area contributed by atoms with Crippen LogP contribution in [-0.2, 0) is 0 Å². The minimum Gasteiger partial charge on any atom is -0.472 e. The molecule has 0 saturated carbocycles. The average Bonchev–Trinajstić information content (AvgIpc) is 3.19. The summed E-state index contributed by atoms with van der Waals surface area (Å²) >= 11 is 0. The zero-order chi connectivity index (χ0) is 13.4. The number of nitrogens with zero attached hydrogens (tertiary/aromatic N) is 2. The van der Waals surface area contributed by atoms with E-state index in [4.69, 9.17) is 18.8 Å². The second-order valence-electron chi connectivity index (χ2n) is 4.43. The summed E-state index contributed by atoms with van der Waals surface area (Å²) in [6, 6.07) is 11.6. The first kappa shape index (κ1) is 11.0. The third kappa shape index (κ3) is 1.70. The van der Waals surface area contributed by atoms with Crippen LogP contribution in [0.2, 0.25) is 0 Å². The maximum Gasteiger partial charge on any atom is 0.101 e. The van der Waals surface area contributed by atoms with E-state index in [0.29, 0.717) is 0 Å². The first-order valence-electron chi connectivity index (χ1n) is 6.24. The highest BCUT2D eigenvalue weighted by molar-refractivity contribution is 5.85. The van der Waals surface area contributed by atoms with Crippen LogP contribution in [0.15, 0.2) is 70.3 Å². The molecule has 96 valence electrons. The van der Waals surface area contributed by atoms with Gasteiger partial charge in [0.2, 0.25) is 0 Å². The normalized spacial score (nSPS) is 11.0. The molecule has 0 aliphatic rings. The number of aromatic nitrogens is 2. The summed E-state index contributed by atoms with van der Waals surface area (Å²) in [6.45, 7) is 0. The van der Waals surface area contributed by atoms with E-state index in [1.54, 1.807) is 25.1 Å². The quantitative estimate of drug-likeness (QED) is 0.544. The molecule has 0 amide bonds. The minimum absolute atomic E-state index is 0.791. The Bertz CT molecular complexity index is 777. The van der Waals surface area contributed by atoms with Crippen LogP contribution in [0, 0.1) is 0 Å². The lowest BCUT2D eigenvalue weighted by molar-refractivity contribution is 0.567. The summed E-state index contributed by atoms with van der Waals surface area (Å²) in [4.78, 5) is 9.42. The largest absolute Gasteiger partial charge is 0.472 e. The topological polar surface area (TPSA) is 52.1 Å². The molecule has 3 heterocycles. The van der Waals surface area contributed by atoms with E-state index in [1.165, 1.54) is 0 Å². The fourth-order valence-corrected chi connectivity index (χ4v) is 2.20. The average molecular weight is 262 g/mol. The van der Waals surface area contributed by atoms with Crippen LogP contribution in [0.1, 0.15) is 0 Å². The Morgan fingerprint density at radius 1 is 0.650 bits per heavy atom. The van der Waals surface area contributed by atoms with Gasteiger partial charge in [0.05, 0.1) is 36.1 Å². The Morgan fingerprint density at radius 2 is 1.15 bits per heavy atom. The molecule has 4 aromatic rings. The number of fused-ring (bicyclic) bond motifs is 1. The first-order valence-corrected chi connectivity index (χ1v) is 6.24. The molecule has 0 fully saturated rings. The number of hydrogen-bond donors (Lipinski definition) is 0. The third-order valence-electron chi connectivity index (χ3n) is 3.16. The maximum absolute atomic E-state index is 5.16. The van der Waals surface area contributed by atoms with Gasteiger partial charge in [-0.15, -0.1) is 0 Å². The molecule has 3 aromatic heterocycles. The molecule has 0 aliphatic heterocycles. The Labute approximate surface area is 114 Å². The molecular formula is C16H10N2O2. The smallest absolute Gasteiger partial charge is 0.101 e. The third-order valence-corrected chi connectivity index (χ3v) is 3.16. The van der Waals surface area contributed by atoms with E-state index in [-0.39, 0.29) is 0 Å². The van der Waals surface area contributed by atoms with E-state index in [1.807, 2.05) is 36.4 Å². The molecule has 0 spiro atoms. The molecule has 4 rings (SSSR count). The van der Waals surface area contributed by atoms with Gasteiger partial charge in [-0.05, 0) is 24.3 Å². The van der Waals surface area contributed by atoms with Gasteiger partial charge in [0, 0.05) is 11.1 Å². The zero-order valence-corrected chi connectivity index (χ0v) is 10.5. The van der Waals surface area contributed by atoms with Crippen LogP contribution in [0.3, 0.4) is 0 Å². The fourth-order valence-electron chi connectivity index (χ4n) is 2.20. The van der Waals surface area contributed by atoms with Crippen molar-refractivity contribution in [3.63, 3.8) is 0 Å². The predicted octanol–water partition coefficient (Wildman–Crippen LogP) is 4.15. The van der Waals surface area contributed by atoms with Crippen LogP contribution >= 0.6 is 0 Å². The molecule has 0 saturated heterocycles. The molecule has 0 N–H and O–H groups in total. The van der Waals surface area contributed by atoms with Crippen molar-refractivity contribution >= 4 is 11.0 Å². The molecular weight excluding hydrogens is 252 g/mol. The standard InChI is InChI=1S/C16H10N2O2/c1-2-4-14-13(3-1)17-15(11-5-7-19-9-11)16(18-14)12-6-8-20-10-12/h1-10H. The van der Waals surface area contributed by atoms with E-state index in [2.05, 4.69) is 0 Å². The van der Waals surface area contributed by atoms with Gasteiger partial charge in [-0.1, -0.05) is 12.1 Å². The van der Waals surface area contributed by atoms with Crippen molar-refractivity contribution in [2.45, 2.75) is 0 Å². The van der Waals surface area contributed by atoms with Gasteiger partial charge in [-0.25, -0.2) is 9.97 Å². The minimum atomic E-state index is 0.791. The first-order chi connectivity index (χ1) is 9.92. The Morgan fingerprint density at radius 3 is 1.55 bits per heavy atom. The van der Waals surface area contributed by atoms with Crippen LogP contribution in [-0.4, -0.2) is 9.97 Å². The van der Waals surface area contributed by atoms with Gasteiger partial charge in [0.25, 0.3) is 0 Å². The van der Waals surface area contributed by atoms with Crippen LogP contribution in [0.25, 0.3) is 33.5 Å². The Hall–Kier alpha value is -2.88. The maximum atomic E-state index is 5.16. The number of para-hydroxylation sites is 2. The number of hydrogen-bond acceptors (Lipinski definition) is 4. The van der Waals surface area contributed by atoms with E-state index >= 15 is 0 Å².